The molecule has 0 unspecified atom stereocenters. The van der Waals surface area contributed by atoms with Gasteiger partial charge in [-0.2, -0.15) is 0 Å². The molecule has 6 nitrogen and oxygen atoms in total. The van der Waals surface area contributed by atoms with Crippen LogP contribution in [0.4, 0.5) is 10.1 Å². The number of amides is 1. The second kappa shape index (κ2) is 7.48. The van der Waals surface area contributed by atoms with Crippen LogP contribution in [0.1, 0.15) is 29.0 Å². The summed E-state index contributed by atoms with van der Waals surface area (Å²) in [5.74, 6) is 0.00629. The van der Waals surface area contributed by atoms with Gasteiger partial charge in [-0.1, -0.05) is 18.2 Å². The molecule has 2 aliphatic rings. The maximum absolute atomic E-state index is 14.6. The molecule has 0 atom stereocenters. The minimum atomic E-state index is -0.491. The molecule has 2 aromatic carbocycles. The molecule has 150 valence electrons. The third kappa shape index (κ3) is 3.70. The fraction of sp³-hybridized carbons (Fsp3) is 0.364. The monoisotopic (exact) mass is 393 g/mol. The number of carbonyl (C=O) groups excluding carboxylic acids is 1. The van der Waals surface area contributed by atoms with E-state index in [-0.39, 0.29) is 11.5 Å². The Morgan fingerprint density at radius 2 is 1.90 bits per heavy atom. The molecule has 1 saturated heterocycles. The first-order chi connectivity index (χ1) is 14.2. The number of hydrogen-bond donors (Lipinski definition) is 2. The third-order valence-corrected chi connectivity index (χ3v) is 5.78. The van der Waals surface area contributed by atoms with Gasteiger partial charge in [0.25, 0.3) is 5.91 Å². The number of H-pyrrole nitrogens is 1. The zero-order chi connectivity index (χ0) is 19.8. The molecule has 2 heterocycles. The highest BCUT2D eigenvalue weighted by molar-refractivity contribution is 6.00. The van der Waals surface area contributed by atoms with Crippen molar-refractivity contribution in [2.24, 2.45) is 0 Å². The van der Waals surface area contributed by atoms with Gasteiger partial charge in [-0.05, 0) is 37.1 Å². The Hall–Kier alpha value is -2.93. The number of hydrogen-bond acceptors (Lipinski definition) is 4. The zero-order valence-electron chi connectivity index (χ0n) is 16.2. The standard InChI is InChI=1S/C22H24FN5O/c23-16-4-3-7-19(24-14-20-25-17-5-1-2-6-18(17)26-20)21(16)22(29)28-12-10-27(11-13-28)15-8-9-15/h1-7,15,24H,8-14H2,(H,25,26). The first-order valence-corrected chi connectivity index (χ1v) is 10.2. The molecular weight excluding hydrogens is 369 g/mol. The van der Waals surface area contributed by atoms with Crippen LogP contribution in [-0.2, 0) is 6.54 Å². The molecule has 0 spiro atoms. The molecule has 1 aliphatic heterocycles. The number of nitrogens with one attached hydrogen (secondary N) is 2. The predicted octanol–water partition coefficient (Wildman–Crippen LogP) is 3.23. The molecule has 0 bridgehead atoms. The Morgan fingerprint density at radius 1 is 1.10 bits per heavy atom. The molecule has 7 heteroatoms. The van der Waals surface area contributed by atoms with Crippen molar-refractivity contribution in [2.75, 3.05) is 31.5 Å². The number of halogens is 1. The van der Waals surface area contributed by atoms with E-state index in [2.05, 4.69) is 20.2 Å². The summed E-state index contributed by atoms with van der Waals surface area (Å²) in [6.07, 6.45) is 2.52. The average molecular weight is 393 g/mol. The van der Waals surface area contributed by atoms with Crippen LogP contribution in [0, 0.1) is 5.82 Å². The lowest BCUT2D eigenvalue weighted by molar-refractivity contribution is 0.0623. The first kappa shape index (κ1) is 18.1. The van der Waals surface area contributed by atoms with Crippen LogP contribution >= 0.6 is 0 Å². The molecule has 0 radical (unpaired) electrons. The summed E-state index contributed by atoms with van der Waals surface area (Å²) in [5, 5.41) is 3.20. The Balaban J connectivity index is 1.31. The maximum atomic E-state index is 14.6. The highest BCUT2D eigenvalue weighted by Crippen LogP contribution is 2.28. The molecular formula is C22H24FN5O. The number of nitrogens with zero attached hydrogens (tertiary/aromatic N) is 3. The van der Waals surface area contributed by atoms with Gasteiger partial charge >= 0.3 is 0 Å². The first-order valence-electron chi connectivity index (χ1n) is 10.2. The van der Waals surface area contributed by atoms with Crippen molar-refractivity contribution >= 4 is 22.6 Å². The summed E-state index contributed by atoms with van der Waals surface area (Å²) >= 11 is 0. The van der Waals surface area contributed by atoms with Gasteiger partial charge in [-0.25, -0.2) is 9.37 Å². The van der Waals surface area contributed by atoms with Crippen LogP contribution in [0.25, 0.3) is 11.0 Å². The second-order valence-corrected chi connectivity index (χ2v) is 7.78. The maximum Gasteiger partial charge on any atom is 0.259 e. The van der Waals surface area contributed by atoms with E-state index in [0.29, 0.717) is 31.4 Å². The van der Waals surface area contributed by atoms with Crippen LogP contribution in [0.15, 0.2) is 42.5 Å². The van der Waals surface area contributed by atoms with Crippen LogP contribution in [0.2, 0.25) is 0 Å². The topological polar surface area (TPSA) is 64.3 Å². The molecule has 2 N–H and O–H groups in total. The fourth-order valence-corrected chi connectivity index (χ4v) is 4.05. The van der Waals surface area contributed by atoms with Crippen molar-refractivity contribution in [3.8, 4) is 0 Å². The summed E-state index contributed by atoms with van der Waals surface area (Å²) in [5.41, 5.74) is 2.45. The Bertz CT molecular complexity index is 1000. The average Bonchev–Trinajstić information content (AvgIpc) is 3.51. The van der Waals surface area contributed by atoms with Crippen molar-refractivity contribution in [3.63, 3.8) is 0 Å². The Morgan fingerprint density at radius 3 is 2.66 bits per heavy atom. The number of para-hydroxylation sites is 2. The quantitative estimate of drug-likeness (QED) is 0.699. The van der Waals surface area contributed by atoms with Crippen molar-refractivity contribution < 1.29 is 9.18 Å². The number of aromatic amines is 1. The van der Waals surface area contributed by atoms with Gasteiger partial charge in [0.05, 0.1) is 28.8 Å². The summed E-state index contributed by atoms with van der Waals surface area (Å²) in [4.78, 5) is 25.1. The summed E-state index contributed by atoms with van der Waals surface area (Å²) in [6.45, 7) is 3.41. The van der Waals surface area contributed by atoms with E-state index >= 15 is 0 Å². The molecule has 3 aromatic rings. The highest BCUT2D eigenvalue weighted by atomic mass is 19.1. The molecule has 1 aromatic heterocycles. The van der Waals surface area contributed by atoms with Crippen LogP contribution < -0.4 is 5.32 Å². The van der Waals surface area contributed by atoms with E-state index in [1.54, 1.807) is 17.0 Å². The Kier molecular flexibility index (Phi) is 4.67. The van der Waals surface area contributed by atoms with Gasteiger partial charge < -0.3 is 15.2 Å². The van der Waals surface area contributed by atoms with Crippen molar-refractivity contribution in [1.29, 1.82) is 0 Å². The van der Waals surface area contributed by atoms with E-state index < -0.39 is 5.82 Å². The summed E-state index contributed by atoms with van der Waals surface area (Å²) < 4.78 is 14.6. The molecule has 1 amide bonds. The number of benzene rings is 2. The fourth-order valence-electron chi connectivity index (χ4n) is 4.05. The summed E-state index contributed by atoms with van der Waals surface area (Å²) in [6, 6.07) is 13.2. The van der Waals surface area contributed by atoms with E-state index in [1.807, 2.05) is 24.3 Å². The molecule has 2 fully saturated rings. The van der Waals surface area contributed by atoms with E-state index in [9.17, 15) is 9.18 Å². The van der Waals surface area contributed by atoms with E-state index in [4.69, 9.17) is 0 Å². The number of carbonyl (C=O) groups is 1. The van der Waals surface area contributed by atoms with Gasteiger partial charge in [0.2, 0.25) is 0 Å². The van der Waals surface area contributed by atoms with Crippen LogP contribution in [-0.4, -0.2) is 57.9 Å². The van der Waals surface area contributed by atoms with Gasteiger partial charge in [-0.3, -0.25) is 9.69 Å². The SMILES string of the molecule is O=C(c1c(F)cccc1NCc1nc2ccccc2[nH]1)N1CCN(C2CC2)CC1. The number of rotatable bonds is 5. The smallest absolute Gasteiger partial charge is 0.259 e. The lowest BCUT2D eigenvalue weighted by Crippen LogP contribution is -2.49. The van der Waals surface area contributed by atoms with Gasteiger partial charge in [0.1, 0.15) is 11.6 Å². The number of piperazine rings is 1. The van der Waals surface area contributed by atoms with Crippen molar-refractivity contribution in [1.82, 2.24) is 19.8 Å². The molecule has 1 saturated carbocycles. The largest absolute Gasteiger partial charge is 0.377 e. The molecule has 29 heavy (non-hydrogen) atoms. The van der Waals surface area contributed by atoms with Crippen LogP contribution in [0.3, 0.4) is 0 Å². The number of fused-ring (bicyclic) bond motifs is 1. The number of anilines is 1. The third-order valence-electron chi connectivity index (χ3n) is 5.78. The normalized spacial score (nSPS) is 17.6. The predicted molar refractivity (Wildman–Crippen MR) is 110 cm³/mol. The van der Waals surface area contributed by atoms with Crippen molar-refractivity contribution in [2.45, 2.75) is 25.4 Å². The molecule has 5 rings (SSSR count). The number of aromatic nitrogens is 2. The highest BCUT2D eigenvalue weighted by Gasteiger charge is 2.33. The lowest BCUT2D eigenvalue weighted by Gasteiger charge is -2.35. The summed E-state index contributed by atoms with van der Waals surface area (Å²) in [7, 11) is 0. The Labute approximate surface area is 168 Å². The van der Waals surface area contributed by atoms with Gasteiger partial charge in [0.15, 0.2) is 0 Å². The number of imidazole rings is 1. The van der Waals surface area contributed by atoms with Gasteiger partial charge in [-0.15, -0.1) is 0 Å². The second-order valence-electron chi connectivity index (χ2n) is 7.78. The minimum absolute atomic E-state index is 0.114. The van der Waals surface area contributed by atoms with E-state index in [0.717, 1.165) is 29.9 Å². The lowest BCUT2D eigenvalue weighted by atomic mass is 10.1. The molecule has 1 aliphatic carbocycles. The van der Waals surface area contributed by atoms with E-state index in [1.165, 1.54) is 18.9 Å². The van der Waals surface area contributed by atoms with Crippen molar-refractivity contribution in [3.05, 3.63) is 59.7 Å². The zero-order valence-corrected chi connectivity index (χ0v) is 16.2. The minimum Gasteiger partial charge on any atom is -0.377 e. The van der Waals surface area contributed by atoms with Gasteiger partial charge in [0, 0.05) is 32.2 Å². The van der Waals surface area contributed by atoms with Crippen LogP contribution in [0.5, 0.6) is 0 Å².